The van der Waals surface area contributed by atoms with Gasteiger partial charge in [0.25, 0.3) is 0 Å². The predicted octanol–water partition coefficient (Wildman–Crippen LogP) is 2.26. The van der Waals surface area contributed by atoms with Gasteiger partial charge in [-0.3, -0.25) is 14.5 Å². The molecule has 0 N–H and O–H groups in total. The highest BCUT2D eigenvalue weighted by Gasteiger charge is 2.49. The molecule has 1 saturated heterocycles. The van der Waals surface area contributed by atoms with Crippen LogP contribution in [-0.4, -0.2) is 29.0 Å². The summed E-state index contributed by atoms with van der Waals surface area (Å²) in [5.74, 6) is 1.18. The summed E-state index contributed by atoms with van der Waals surface area (Å²) < 4.78 is 0. The highest BCUT2D eigenvalue weighted by atomic mass is 32.1. The Bertz CT molecular complexity index is 284. The summed E-state index contributed by atoms with van der Waals surface area (Å²) in [4.78, 5) is 25.5. The first-order valence-corrected chi connectivity index (χ1v) is 7.35. The lowest BCUT2D eigenvalue weighted by atomic mass is 10.00. The van der Waals surface area contributed by atoms with Crippen LogP contribution in [0.15, 0.2) is 0 Å². The van der Waals surface area contributed by atoms with Crippen molar-refractivity contribution in [1.82, 2.24) is 4.90 Å². The minimum Gasteiger partial charge on any atom is -0.282 e. The summed E-state index contributed by atoms with van der Waals surface area (Å²) in [6.07, 6.45) is 7.19. The van der Waals surface area contributed by atoms with E-state index >= 15 is 0 Å². The molecule has 0 aromatic heterocycles. The molecule has 2 amide bonds. The summed E-state index contributed by atoms with van der Waals surface area (Å²) in [5.41, 5.74) is 0. The van der Waals surface area contributed by atoms with Gasteiger partial charge >= 0.3 is 0 Å². The van der Waals surface area contributed by atoms with E-state index in [1.54, 1.807) is 0 Å². The van der Waals surface area contributed by atoms with Crippen molar-refractivity contribution in [3.05, 3.63) is 0 Å². The van der Waals surface area contributed by atoms with Gasteiger partial charge in [-0.1, -0.05) is 19.3 Å². The Hall–Kier alpha value is -0.510. The maximum Gasteiger partial charge on any atom is 0.233 e. The smallest absolute Gasteiger partial charge is 0.233 e. The average Bonchev–Trinajstić information content (AvgIpc) is 2.88. The van der Waals surface area contributed by atoms with Crippen LogP contribution >= 0.6 is 12.6 Å². The molecule has 2 atom stereocenters. The Balaban J connectivity index is 1.77. The van der Waals surface area contributed by atoms with E-state index in [2.05, 4.69) is 12.6 Å². The minimum atomic E-state index is 0.0277. The second-order valence-corrected chi connectivity index (χ2v) is 5.56. The van der Waals surface area contributed by atoms with Gasteiger partial charge in [-0.2, -0.15) is 12.6 Å². The van der Waals surface area contributed by atoms with Crippen LogP contribution in [0.1, 0.15) is 44.9 Å². The number of carbonyl (C=O) groups excluding carboxylic acids is 2. The molecule has 0 aromatic rings. The number of hydrogen-bond donors (Lipinski definition) is 1. The highest BCUT2D eigenvalue weighted by molar-refractivity contribution is 7.80. The third-order valence-corrected chi connectivity index (χ3v) is 4.29. The molecule has 2 fully saturated rings. The molecule has 1 heterocycles. The van der Waals surface area contributed by atoms with Crippen molar-refractivity contribution in [3.8, 4) is 0 Å². The van der Waals surface area contributed by atoms with Gasteiger partial charge in [0.05, 0.1) is 11.8 Å². The Morgan fingerprint density at radius 2 is 1.59 bits per heavy atom. The fourth-order valence-corrected chi connectivity index (χ4v) is 3.24. The zero-order valence-electron chi connectivity index (χ0n) is 10.2. The molecular formula is C13H21NO2S. The number of amides is 2. The first-order valence-electron chi connectivity index (χ1n) is 6.72. The van der Waals surface area contributed by atoms with Gasteiger partial charge in [0.1, 0.15) is 0 Å². The van der Waals surface area contributed by atoms with Crippen molar-refractivity contribution in [2.45, 2.75) is 44.9 Å². The molecule has 3 nitrogen and oxygen atoms in total. The van der Waals surface area contributed by atoms with Crippen molar-refractivity contribution in [2.75, 3.05) is 12.3 Å². The van der Waals surface area contributed by atoms with Crippen LogP contribution in [0.3, 0.4) is 0 Å². The molecule has 0 spiro atoms. The molecule has 4 heteroatoms. The molecule has 1 aliphatic carbocycles. The molecular weight excluding hydrogens is 234 g/mol. The van der Waals surface area contributed by atoms with Gasteiger partial charge in [0.2, 0.25) is 11.8 Å². The van der Waals surface area contributed by atoms with Crippen LogP contribution < -0.4 is 0 Å². The molecule has 2 rings (SSSR count). The van der Waals surface area contributed by atoms with Crippen LogP contribution in [0.2, 0.25) is 0 Å². The Labute approximate surface area is 108 Å². The fourth-order valence-electron chi connectivity index (χ4n) is 3.02. The number of fused-ring (bicyclic) bond motifs is 1. The fraction of sp³-hybridized carbons (Fsp3) is 0.846. The van der Waals surface area contributed by atoms with E-state index in [0.717, 1.165) is 50.7 Å². The van der Waals surface area contributed by atoms with E-state index in [-0.39, 0.29) is 23.7 Å². The maximum atomic E-state index is 12.0. The second-order valence-electron chi connectivity index (χ2n) is 5.11. The van der Waals surface area contributed by atoms with E-state index in [1.165, 1.54) is 4.90 Å². The standard InChI is InChI=1S/C13H21NO2S/c15-12-10-6-5-7-11(10)13(16)14(12)8-3-1-2-4-9-17/h10-11,17H,1-9H2. The molecule has 2 aliphatic rings. The topological polar surface area (TPSA) is 37.4 Å². The third-order valence-electron chi connectivity index (χ3n) is 3.97. The molecule has 96 valence electrons. The maximum absolute atomic E-state index is 12.0. The van der Waals surface area contributed by atoms with Crippen molar-refractivity contribution >= 4 is 24.4 Å². The van der Waals surface area contributed by atoms with Crippen LogP contribution in [-0.2, 0) is 9.59 Å². The number of unbranched alkanes of at least 4 members (excludes halogenated alkanes) is 3. The third kappa shape index (κ3) is 2.67. The van der Waals surface area contributed by atoms with Crippen LogP contribution in [0.4, 0.5) is 0 Å². The van der Waals surface area contributed by atoms with Gasteiger partial charge in [-0.05, 0) is 31.4 Å². The van der Waals surface area contributed by atoms with Crippen molar-refractivity contribution in [3.63, 3.8) is 0 Å². The first kappa shape index (κ1) is 12.9. The summed E-state index contributed by atoms with van der Waals surface area (Å²) in [6, 6.07) is 0. The zero-order valence-corrected chi connectivity index (χ0v) is 11.1. The lowest BCUT2D eigenvalue weighted by molar-refractivity contribution is -0.140. The monoisotopic (exact) mass is 255 g/mol. The number of imide groups is 1. The van der Waals surface area contributed by atoms with Gasteiger partial charge < -0.3 is 0 Å². The van der Waals surface area contributed by atoms with E-state index in [9.17, 15) is 9.59 Å². The minimum absolute atomic E-state index is 0.0277. The largest absolute Gasteiger partial charge is 0.282 e. The molecule has 1 aliphatic heterocycles. The van der Waals surface area contributed by atoms with Crippen LogP contribution in [0.5, 0.6) is 0 Å². The number of rotatable bonds is 6. The van der Waals surface area contributed by atoms with Gasteiger partial charge in [-0.25, -0.2) is 0 Å². The number of thiol groups is 1. The van der Waals surface area contributed by atoms with Crippen LogP contribution in [0.25, 0.3) is 0 Å². The molecule has 0 radical (unpaired) electrons. The summed E-state index contributed by atoms with van der Waals surface area (Å²) >= 11 is 4.16. The summed E-state index contributed by atoms with van der Waals surface area (Å²) in [7, 11) is 0. The van der Waals surface area contributed by atoms with Gasteiger partial charge in [-0.15, -0.1) is 0 Å². The summed E-state index contributed by atoms with van der Waals surface area (Å²) in [5, 5.41) is 0. The Morgan fingerprint density at radius 1 is 1.00 bits per heavy atom. The highest BCUT2D eigenvalue weighted by Crippen LogP contribution is 2.39. The zero-order chi connectivity index (χ0) is 12.3. The lowest BCUT2D eigenvalue weighted by Gasteiger charge is -2.15. The number of likely N-dealkylation sites (tertiary alicyclic amines) is 1. The SMILES string of the molecule is O=C1C2CCCC2C(=O)N1CCCCCCS. The molecule has 0 bridgehead atoms. The van der Waals surface area contributed by atoms with Crippen LogP contribution in [0, 0.1) is 11.8 Å². The van der Waals surface area contributed by atoms with E-state index < -0.39 is 0 Å². The predicted molar refractivity (Wildman–Crippen MR) is 69.9 cm³/mol. The Kier molecular flexibility index (Phi) is 4.48. The van der Waals surface area contributed by atoms with Crippen molar-refractivity contribution in [2.24, 2.45) is 11.8 Å². The van der Waals surface area contributed by atoms with E-state index in [0.29, 0.717) is 6.54 Å². The molecule has 1 saturated carbocycles. The second kappa shape index (κ2) is 5.89. The van der Waals surface area contributed by atoms with E-state index in [1.807, 2.05) is 0 Å². The summed E-state index contributed by atoms with van der Waals surface area (Å²) in [6.45, 7) is 0.636. The average molecular weight is 255 g/mol. The van der Waals surface area contributed by atoms with Gasteiger partial charge in [0.15, 0.2) is 0 Å². The quantitative estimate of drug-likeness (QED) is 0.449. The molecule has 17 heavy (non-hydrogen) atoms. The normalized spacial score (nSPS) is 27.9. The number of hydrogen-bond acceptors (Lipinski definition) is 3. The van der Waals surface area contributed by atoms with E-state index in [4.69, 9.17) is 0 Å². The molecule has 2 unspecified atom stereocenters. The van der Waals surface area contributed by atoms with Gasteiger partial charge in [0, 0.05) is 6.54 Å². The molecule has 0 aromatic carbocycles. The van der Waals surface area contributed by atoms with Crippen molar-refractivity contribution < 1.29 is 9.59 Å². The first-order chi connectivity index (χ1) is 8.25. The lowest BCUT2D eigenvalue weighted by Crippen LogP contribution is -2.32. The van der Waals surface area contributed by atoms with Crippen molar-refractivity contribution in [1.29, 1.82) is 0 Å². The Morgan fingerprint density at radius 3 is 2.18 bits per heavy atom. The number of carbonyl (C=O) groups is 2. The number of nitrogens with zero attached hydrogens (tertiary/aromatic N) is 1.